The van der Waals surface area contributed by atoms with Gasteiger partial charge in [0, 0.05) is 34.4 Å². The van der Waals surface area contributed by atoms with Gasteiger partial charge in [0.1, 0.15) is 5.75 Å². The maximum atomic E-state index is 13.1. The molecule has 0 atom stereocenters. The van der Waals surface area contributed by atoms with Gasteiger partial charge in [-0.3, -0.25) is 4.79 Å². The van der Waals surface area contributed by atoms with Crippen LogP contribution in [0.3, 0.4) is 0 Å². The van der Waals surface area contributed by atoms with Gasteiger partial charge in [0.25, 0.3) is 0 Å². The highest BCUT2D eigenvalue weighted by molar-refractivity contribution is 5.98. The summed E-state index contributed by atoms with van der Waals surface area (Å²) in [6.45, 7) is 7.82. The van der Waals surface area contributed by atoms with Crippen LogP contribution in [-0.4, -0.2) is 23.5 Å². The van der Waals surface area contributed by atoms with Crippen molar-refractivity contribution in [3.8, 4) is 5.75 Å². The second-order valence-electron chi connectivity index (χ2n) is 9.60. The molecule has 1 aliphatic heterocycles. The molecule has 0 radical (unpaired) electrons. The minimum Gasteiger partial charge on any atom is -0.496 e. The Bertz CT molecular complexity index is 763. The van der Waals surface area contributed by atoms with E-state index in [1.165, 1.54) is 12.8 Å². The molecule has 0 aromatic heterocycles. The van der Waals surface area contributed by atoms with E-state index in [1.807, 2.05) is 18.2 Å². The standard InChI is InChI=1S/C24H35NO3/c1-23(2)15-17-12-22(28-5)19(24(3,4)27)13-18(17)20(25-23)14-21(26)16-10-8-6-7-9-11-16/h12-14,16,25,27H,6-11,15H2,1-5H3. The minimum absolute atomic E-state index is 0.136. The Labute approximate surface area is 169 Å². The van der Waals surface area contributed by atoms with Crippen LogP contribution in [0.15, 0.2) is 18.2 Å². The first-order valence-corrected chi connectivity index (χ1v) is 10.6. The Kier molecular flexibility index (Phi) is 5.90. The van der Waals surface area contributed by atoms with Gasteiger partial charge in [-0.25, -0.2) is 0 Å². The van der Waals surface area contributed by atoms with Crippen molar-refractivity contribution in [1.82, 2.24) is 5.32 Å². The second kappa shape index (κ2) is 7.90. The van der Waals surface area contributed by atoms with Crippen LogP contribution in [0, 0.1) is 5.92 Å². The van der Waals surface area contributed by atoms with E-state index in [0.717, 1.165) is 54.5 Å². The zero-order chi connectivity index (χ0) is 20.5. The number of rotatable bonds is 4. The first kappa shape index (κ1) is 20.9. The van der Waals surface area contributed by atoms with Crippen LogP contribution in [0.1, 0.15) is 82.9 Å². The topological polar surface area (TPSA) is 58.6 Å². The van der Waals surface area contributed by atoms with Crippen molar-refractivity contribution in [1.29, 1.82) is 0 Å². The van der Waals surface area contributed by atoms with E-state index in [2.05, 4.69) is 19.2 Å². The smallest absolute Gasteiger partial charge is 0.160 e. The molecular weight excluding hydrogens is 350 g/mol. The Morgan fingerprint density at radius 1 is 1.21 bits per heavy atom. The van der Waals surface area contributed by atoms with Crippen molar-refractivity contribution >= 4 is 11.5 Å². The lowest BCUT2D eigenvalue weighted by molar-refractivity contribution is -0.118. The fraction of sp³-hybridized carbons (Fsp3) is 0.625. The molecule has 2 aliphatic rings. The summed E-state index contributed by atoms with van der Waals surface area (Å²) >= 11 is 0. The molecular formula is C24H35NO3. The van der Waals surface area contributed by atoms with Crippen LogP contribution >= 0.6 is 0 Å². The molecule has 1 saturated carbocycles. The number of carbonyl (C=O) groups is 1. The normalized spacial score (nSPS) is 21.6. The van der Waals surface area contributed by atoms with E-state index in [1.54, 1.807) is 21.0 Å². The SMILES string of the molecule is COc1cc2c(cc1C(C)(C)O)C(=CC(=O)C1CCCCCC1)NC(C)(C)C2. The number of ether oxygens (including phenoxy) is 1. The van der Waals surface area contributed by atoms with Gasteiger partial charge < -0.3 is 15.2 Å². The van der Waals surface area contributed by atoms with Gasteiger partial charge in [0.2, 0.25) is 0 Å². The number of fused-ring (bicyclic) bond motifs is 1. The lowest BCUT2D eigenvalue weighted by Gasteiger charge is -2.37. The third-order valence-corrected chi connectivity index (χ3v) is 6.02. The van der Waals surface area contributed by atoms with Gasteiger partial charge in [0.05, 0.1) is 12.7 Å². The third-order valence-electron chi connectivity index (χ3n) is 6.02. The van der Waals surface area contributed by atoms with E-state index >= 15 is 0 Å². The molecule has 1 aromatic rings. The fourth-order valence-corrected chi connectivity index (χ4v) is 4.56. The second-order valence-corrected chi connectivity index (χ2v) is 9.60. The van der Waals surface area contributed by atoms with Crippen molar-refractivity contribution in [2.45, 2.75) is 83.8 Å². The van der Waals surface area contributed by atoms with Crippen molar-refractivity contribution in [2.24, 2.45) is 5.92 Å². The number of hydrogen-bond donors (Lipinski definition) is 2. The first-order valence-electron chi connectivity index (χ1n) is 10.6. The van der Waals surface area contributed by atoms with E-state index < -0.39 is 5.60 Å². The van der Waals surface area contributed by atoms with Crippen LogP contribution in [0.25, 0.3) is 5.70 Å². The van der Waals surface area contributed by atoms with Crippen molar-refractivity contribution in [3.63, 3.8) is 0 Å². The Morgan fingerprint density at radius 3 is 2.43 bits per heavy atom. The summed E-state index contributed by atoms with van der Waals surface area (Å²) in [4.78, 5) is 13.1. The highest BCUT2D eigenvalue weighted by Gasteiger charge is 2.32. The zero-order valence-electron chi connectivity index (χ0n) is 18.0. The van der Waals surface area contributed by atoms with E-state index in [4.69, 9.17) is 4.74 Å². The predicted octanol–water partition coefficient (Wildman–Crippen LogP) is 4.73. The molecule has 154 valence electrons. The van der Waals surface area contributed by atoms with Gasteiger partial charge >= 0.3 is 0 Å². The maximum absolute atomic E-state index is 13.1. The summed E-state index contributed by atoms with van der Waals surface area (Å²) in [5, 5.41) is 14.2. The molecule has 4 heteroatoms. The highest BCUT2D eigenvalue weighted by Crippen LogP contribution is 2.38. The Balaban J connectivity index is 2.04. The lowest BCUT2D eigenvalue weighted by atomic mass is 9.82. The molecule has 0 unspecified atom stereocenters. The molecule has 0 spiro atoms. The minimum atomic E-state index is -1.02. The molecule has 0 saturated heterocycles. The van der Waals surface area contributed by atoms with Crippen LogP contribution in [0.5, 0.6) is 5.75 Å². The summed E-state index contributed by atoms with van der Waals surface area (Å²) in [6.07, 6.45) is 9.42. The molecule has 2 N–H and O–H groups in total. The zero-order valence-corrected chi connectivity index (χ0v) is 18.0. The lowest BCUT2D eigenvalue weighted by Crippen LogP contribution is -2.44. The van der Waals surface area contributed by atoms with Crippen molar-refractivity contribution in [3.05, 3.63) is 34.9 Å². The maximum Gasteiger partial charge on any atom is 0.160 e. The van der Waals surface area contributed by atoms with E-state index in [-0.39, 0.29) is 17.2 Å². The Morgan fingerprint density at radius 2 is 1.86 bits per heavy atom. The summed E-state index contributed by atoms with van der Waals surface area (Å²) in [5.74, 6) is 1.06. The van der Waals surface area contributed by atoms with Crippen molar-refractivity contribution < 1.29 is 14.6 Å². The molecule has 1 fully saturated rings. The largest absolute Gasteiger partial charge is 0.496 e. The quantitative estimate of drug-likeness (QED) is 0.581. The summed E-state index contributed by atoms with van der Waals surface area (Å²) in [6, 6.07) is 4.01. The van der Waals surface area contributed by atoms with Gasteiger partial charge in [0.15, 0.2) is 5.78 Å². The number of hydrogen-bond acceptors (Lipinski definition) is 4. The first-order chi connectivity index (χ1) is 13.1. The van der Waals surface area contributed by atoms with E-state index in [0.29, 0.717) is 5.75 Å². The number of methoxy groups -OCH3 is 1. The third kappa shape index (κ3) is 4.60. The summed E-state index contributed by atoms with van der Waals surface area (Å²) < 4.78 is 5.56. The summed E-state index contributed by atoms with van der Waals surface area (Å²) in [7, 11) is 1.63. The van der Waals surface area contributed by atoms with E-state index in [9.17, 15) is 9.90 Å². The molecule has 1 heterocycles. The number of allylic oxidation sites excluding steroid dienone is 1. The predicted molar refractivity (Wildman–Crippen MR) is 113 cm³/mol. The number of nitrogens with one attached hydrogen (secondary N) is 1. The molecule has 28 heavy (non-hydrogen) atoms. The fourth-order valence-electron chi connectivity index (χ4n) is 4.56. The van der Waals surface area contributed by atoms with Gasteiger partial charge in [-0.05, 0) is 64.7 Å². The average Bonchev–Trinajstić information content (AvgIpc) is 2.88. The molecule has 3 rings (SSSR count). The molecule has 4 nitrogen and oxygen atoms in total. The molecule has 1 aliphatic carbocycles. The van der Waals surface area contributed by atoms with Crippen LogP contribution in [0.4, 0.5) is 0 Å². The highest BCUT2D eigenvalue weighted by atomic mass is 16.5. The average molecular weight is 386 g/mol. The number of benzene rings is 1. The Hall–Kier alpha value is -1.81. The molecule has 0 bridgehead atoms. The number of aliphatic hydroxyl groups is 1. The number of ketones is 1. The van der Waals surface area contributed by atoms with Gasteiger partial charge in [-0.2, -0.15) is 0 Å². The van der Waals surface area contributed by atoms with Crippen LogP contribution in [-0.2, 0) is 16.8 Å². The van der Waals surface area contributed by atoms with Gasteiger partial charge in [-0.15, -0.1) is 0 Å². The van der Waals surface area contributed by atoms with Crippen LogP contribution < -0.4 is 10.1 Å². The summed E-state index contributed by atoms with van der Waals surface area (Å²) in [5.41, 5.74) is 2.58. The monoisotopic (exact) mass is 385 g/mol. The van der Waals surface area contributed by atoms with Crippen molar-refractivity contribution in [2.75, 3.05) is 7.11 Å². The molecule has 0 amide bonds. The number of carbonyl (C=O) groups excluding carboxylic acids is 1. The molecule has 1 aromatic carbocycles. The van der Waals surface area contributed by atoms with Gasteiger partial charge in [-0.1, -0.05) is 25.7 Å². The van der Waals surface area contributed by atoms with Crippen LogP contribution in [0.2, 0.25) is 0 Å².